The topological polar surface area (TPSA) is 147 Å². The van der Waals surface area contributed by atoms with Crippen LogP contribution in [0.25, 0.3) is 11.0 Å². The second-order valence-electron chi connectivity index (χ2n) is 7.42. The van der Waals surface area contributed by atoms with Crippen LogP contribution in [0.5, 0.6) is 0 Å². The van der Waals surface area contributed by atoms with Crippen LogP contribution >= 0.6 is 0 Å². The Morgan fingerprint density at radius 2 is 1.71 bits per heavy atom. The van der Waals surface area contributed by atoms with E-state index in [-0.39, 0.29) is 25.3 Å². The highest BCUT2D eigenvalue weighted by Gasteiger charge is 2.23. The maximum atomic E-state index is 12.6. The SMILES string of the molecule is O=C(O)CNC(=O)[C@H](CCCNC(=O)OCc1ccccc1)NC(=O)c1cc2ccccc2o1. The molecule has 0 bridgehead atoms. The van der Waals surface area contributed by atoms with Crippen LogP contribution in [0, 0.1) is 0 Å². The number of ether oxygens (including phenoxy) is 1. The number of rotatable bonds is 11. The largest absolute Gasteiger partial charge is 0.480 e. The molecule has 4 N–H and O–H groups in total. The average Bonchev–Trinajstić information content (AvgIpc) is 3.28. The van der Waals surface area contributed by atoms with Crippen LogP contribution in [0.1, 0.15) is 29.0 Å². The Morgan fingerprint density at radius 1 is 0.971 bits per heavy atom. The van der Waals surface area contributed by atoms with E-state index in [0.717, 1.165) is 10.9 Å². The molecule has 0 saturated heterocycles. The summed E-state index contributed by atoms with van der Waals surface area (Å²) >= 11 is 0. The van der Waals surface area contributed by atoms with Gasteiger partial charge in [-0.1, -0.05) is 48.5 Å². The minimum atomic E-state index is -1.21. The molecular weight excluding hydrogens is 442 g/mol. The van der Waals surface area contributed by atoms with Crippen molar-refractivity contribution in [3.63, 3.8) is 0 Å². The van der Waals surface area contributed by atoms with E-state index >= 15 is 0 Å². The van der Waals surface area contributed by atoms with E-state index < -0.39 is 36.5 Å². The number of carboxylic acids is 1. The minimum absolute atomic E-state index is 0.0276. The van der Waals surface area contributed by atoms with Crippen LogP contribution in [0.3, 0.4) is 0 Å². The molecule has 3 amide bonds. The summed E-state index contributed by atoms with van der Waals surface area (Å²) in [6.45, 7) is -0.267. The van der Waals surface area contributed by atoms with Gasteiger partial charge in [0.1, 0.15) is 24.8 Å². The van der Waals surface area contributed by atoms with E-state index in [4.69, 9.17) is 14.3 Å². The predicted octanol–water partition coefficient (Wildman–Crippen LogP) is 2.44. The van der Waals surface area contributed by atoms with E-state index in [1.807, 2.05) is 30.3 Å². The van der Waals surface area contributed by atoms with Crippen molar-refractivity contribution in [2.75, 3.05) is 13.1 Å². The average molecular weight is 467 g/mol. The van der Waals surface area contributed by atoms with Gasteiger partial charge in [-0.25, -0.2) is 4.79 Å². The van der Waals surface area contributed by atoms with Crippen molar-refractivity contribution in [2.24, 2.45) is 0 Å². The van der Waals surface area contributed by atoms with Crippen molar-refractivity contribution in [1.29, 1.82) is 0 Å². The Kier molecular flexibility index (Phi) is 8.61. The number of carboxylic acid groups (broad SMARTS) is 1. The summed E-state index contributed by atoms with van der Waals surface area (Å²) in [6, 6.07) is 16.8. The molecule has 0 unspecified atom stereocenters. The van der Waals surface area contributed by atoms with Crippen LogP contribution < -0.4 is 16.0 Å². The van der Waals surface area contributed by atoms with Crippen LogP contribution in [0.4, 0.5) is 4.79 Å². The lowest BCUT2D eigenvalue weighted by Crippen LogP contribution is -2.48. The van der Waals surface area contributed by atoms with Gasteiger partial charge in [0.25, 0.3) is 5.91 Å². The highest BCUT2D eigenvalue weighted by molar-refractivity contribution is 5.98. The fourth-order valence-electron chi connectivity index (χ4n) is 3.15. The van der Waals surface area contributed by atoms with Gasteiger partial charge in [-0.2, -0.15) is 0 Å². The lowest BCUT2D eigenvalue weighted by Gasteiger charge is -2.17. The molecule has 0 aliphatic heterocycles. The number of nitrogens with one attached hydrogen (secondary N) is 3. The standard InChI is InChI=1S/C24H25N3O7/c28-21(29)14-26-22(30)18(27-23(31)20-13-17-9-4-5-11-19(17)34-20)10-6-12-25-24(32)33-15-16-7-2-1-3-8-16/h1-5,7-9,11,13,18H,6,10,12,14-15H2,(H,25,32)(H,26,30)(H,27,31)(H,28,29)/t18-/m0/s1. The minimum Gasteiger partial charge on any atom is -0.480 e. The number of alkyl carbamates (subject to hydrolysis) is 1. The van der Waals surface area contributed by atoms with Gasteiger partial charge in [-0.3, -0.25) is 14.4 Å². The zero-order chi connectivity index (χ0) is 24.3. The highest BCUT2D eigenvalue weighted by atomic mass is 16.5. The van der Waals surface area contributed by atoms with Crippen molar-refractivity contribution in [3.8, 4) is 0 Å². The molecule has 3 aromatic rings. The van der Waals surface area contributed by atoms with Gasteiger partial charge in [0.05, 0.1) is 0 Å². The second-order valence-corrected chi connectivity index (χ2v) is 7.42. The summed E-state index contributed by atoms with van der Waals surface area (Å²) < 4.78 is 10.6. The summed E-state index contributed by atoms with van der Waals surface area (Å²) in [7, 11) is 0. The van der Waals surface area contributed by atoms with Gasteiger partial charge in [0.15, 0.2) is 5.76 Å². The summed E-state index contributed by atoms with van der Waals surface area (Å²) in [5.41, 5.74) is 1.37. The van der Waals surface area contributed by atoms with Crippen molar-refractivity contribution in [1.82, 2.24) is 16.0 Å². The number of aliphatic carboxylic acids is 1. The van der Waals surface area contributed by atoms with Gasteiger partial charge in [0.2, 0.25) is 5.91 Å². The number of hydrogen-bond donors (Lipinski definition) is 4. The van der Waals surface area contributed by atoms with E-state index in [1.54, 1.807) is 30.3 Å². The lowest BCUT2D eigenvalue weighted by molar-refractivity contribution is -0.138. The molecular formula is C24H25N3O7. The quantitative estimate of drug-likeness (QED) is 0.317. The zero-order valence-electron chi connectivity index (χ0n) is 18.3. The monoisotopic (exact) mass is 467 g/mol. The van der Waals surface area contributed by atoms with Crippen LogP contribution in [-0.4, -0.2) is 48.1 Å². The number of hydrogen-bond acceptors (Lipinski definition) is 6. The molecule has 1 atom stereocenters. The third-order valence-corrected chi connectivity index (χ3v) is 4.84. The Morgan fingerprint density at radius 3 is 2.44 bits per heavy atom. The molecule has 3 rings (SSSR count). The summed E-state index contributed by atoms with van der Waals surface area (Å²) in [5, 5.41) is 17.0. The smallest absolute Gasteiger partial charge is 0.407 e. The normalized spacial score (nSPS) is 11.4. The van der Waals surface area contributed by atoms with E-state index in [0.29, 0.717) is 12.0 Å². The number of amides is 3. The fraction of sp³-hybridized carbons (Fsp3) is 0.250. The Hall–Kier alpha value is -4.34. The van der Waals surface area contributed by atoms with E-state index in [9.17, 15) is 19.2 Å². The Bertz CT molecular complexity index is 1110. The molecule has 178 valence electrons. The van der Waals surface area contributed by atoms with Crippen molar-refractivity contribution in [2.45, 2.75) is 25.5 Å². The summed E-state index contributed by atoms with van der Waals surface area (Å²) in [6.07, 6.45) is -0.135. The highest BCUT2D eigenvalue weighted by Crippen LogP contribution is 2.18. The number of carbonyl (C=O) groups is 4. The van der Waals surface area contributed by atoms with Gasteiger partial charge in [0, 0.05) is 11.9 Å². The third kappa shape index (κ3) is 7.37. The van der Waals surface area contributed by atoms with Crippen LogP contribution in [-0.2, 0) is 20.9 Å². The second kappa shape index (κ2) is 12.0. The Balaban J connectivity index is 1.51. The third-order valence-electron chi connectivity index (χ3n) is 4.84. The predicted molar refractivity (Wildman–Crippen MR) is 122 cm³/mol. The number of furan rings is 1. The number of para-hydroxylation sites is 1. The number of fused-ring (bicyclic) bond motifs is 1. The van der Waals surface area contributed by atoms with Gasteiger partial charge < -0.3 is 30.2 Å². The Labute approximate surface area is 195 Å². The lowest BCUT2D eigenvalue weighted by atomic mass is 10.1. The molecule has 2 aromatic carbocycles. The molecule has 0 aliphatic rings. The molecule has 0 aliphatic carbocycles. The maximum Gasteiger partial charge on any atom is 0.407 e. The first-order valence-corrected chi connectivity index (χ1v) is 10.7. The molecule has 1 aromatic heterocycles. The summed E-state index contributed by atoms with van der Waals surface area (Å²) in [5.74, 6) is -2.45. The first-order valence-electron chi connectivity index (χ1n) is 10.7. The molecule has 0 fully saturated rings. The van der Waals surface area contributed by atoms with E-state index in [2.05, 4.69) is 16.0 Å². The van der Waals surface area contributed by atoms with Gasteiger partial charge in [-0.15, -0.1) is 0 Å². The van der Waals surface area contributed by atoms with Crippen molar-refractivity contribution < 1.29 is 33.4 Å². The van der Waals surface area contributed by atoms with Crippen LogP contribution in [0.2, 0.25) is 0 Å². The molecule has 10 nitrogen and oxygen atoms in total. The first kappa shape index (κ1) is 24.3. The number of benzene rings is 2. The number of carbonyl (C=O) groups excluding carboxylic acids is 3. The van der Waals surface area contributed by atoms with E-state index in [1.165, 1.54) is 0 Å². The zero-order valence-corrected chi connectivity index (χ0v) is 18.3. The molecule has 1 heterocycles. The first-order chi connectivity index (χ1) is 16.4. The fourth-order valence-corrected chi connectivity index (χ4v) is 3.15. The van der Waals surface area contributed by atoms with Crippen LogP contribution in [0.15, 0.2) is 65.1 Å². The van der Waals surface area contributed by atoms with Gasteiger partial charge in [-0.05, 0) is 30.5 Å². The molecule has 0 spiro atoms. The molecule has 34 heavy (non-hydrogen) atoms. The maximum absolute atomic E-state index is 12.6. The molecule has 10 heteroatoms. The summed E-state index contributed by atoms with van der Waals surface area (Å²) in [4.78, 5) is 47.7. The molecule has 0 saturated carbocycles. The molecule has 0 radical (unpaired) electrons. The van der Waals surface area contributed by atoms with Crippen molar-refractivity contribution in [3.05, 3.63) is 72.0 Å². The van der Waals surface area contributed by atoms with Crippen molar-refractivity contribution >= 4 is 34.8 Å². The van der Waals surface area contributed by atoms with Gasteiger partial charge >= 0.3 is 12.1 Å².